The van der Waals surface area contributed by atoms with Crippen LogP contribution >= 0.6 is 0 Å². The smallest absolute Gasteiger partial charge is 0.136 e. The number of rotatable bonds is 3. The van der Waals surface area contributed by atoms with E-state index in [4.69, 9.17) is 15.7 Å². The summed E-state index contributed by atoms with van der Waals surface area (Å²) in [5, 5.41) is 9.13. The first-order valence-electron chi connectivity index (χ1n) is 6.29. The molecular weight excluding hydrogens is 226 g/mol. The Morgan fingerprint density at radius 2 is 2.33 bits per heavy atom. The molecule has 0 aromatic heterocycles. The Kier molecular flexibility index (Phi) is 3.85. The fourth-order valence-electron chi connectivity index (χ4n) is 2.69. The highest BCUT2D eigenvalue weighted by atomic mass is 16.5. The van der Waals surface area contributed by atoms with Crippen LogP contribution in [0.25, 0.3) is 0 Å². The maximum absolute atomic E-state index is 9.13. The molecule has 18 heavy (non-hydrogen) atoms. The van der Waals surface area contributed by atoms with Crippen LogP contribution in [0, 0.1) is 11.3 Å². The lowest BCUT2D eigenvalue weighted by Gasteiger charge is -2.26. The molecule has 1 aromatic carbocycles. The number of likely N-dealkylation sites (tertiary alicyclic amines) is 1. The number of ether oxygens (including phenoxy) is 1. The van der Waals surface area contributed by atoms with Crippen LogP contribution in [0.3, 0.4) is 0 Å². The van der Waals surface area contributed by atoms with Crippen LogP contribution in [0.15, 0.2) is 18.2 Å². The molecule has 0 amide bonds. The zero-order chi connectivity index (χ0) is 13.1. The van der Waals surface area contributed by atoms with Crippen molar-refractivity contribution >= 4 is 0 Å². The Labute approximate surface area is 108 Å². The summed E-state index contributed by atoms with van der Waals surface area (Å²) in [4.78, 5) is 2.35. The summed E-state index contributed by atoms with van der Waals surface area (Å²) in [6, 6.07) is 8.30. The van der Waals surface area contributed by atoms with Crippen molar-refractivity contribution < 1.29 is 4.74 Å². The van der Waals surface area contributed by atoms with Gasteiger partial charge in [-0.1, -0.05) is 13.0 Å². The summed E-state index contributed by atoms with van der Waals surface area (Å²) in [6.45, 7) is 4.14. The van der Waals surface area contributed by atoms with Gasteiger partial charge in [-0.25, -0.2) is 0 Å². The number of nitrogens with zero attached hydrogens (tertiary/aromatic N) is 2. The lowest BCUT2D eigenvalue weighted by atomic mass is 9.98. The molecule has 0 bridgehead atoms. The van der Waals surface area contributed by atoms with Gasteiger partial charge in [-0.2, -0.15) is 5.26 Å². The lowest BCUT2D eigenvalue weighted by molar-refractivity contribution is 0.261. The predicted molar refractivity (Wildman–Crippen MR) is 70.3 cm³/mol. The predicted octanol–water partition coefficient (Wildman–Crippen LogP) is 1.66. The van der Waals surface area contributed by atoms with Crippen molar-refractivity contribution in [2.45, 2.75) is 25.4 Å². The molecule has 0 saturated carbocycles. The van der Waals surface area contributed by atoms with Crippen molar-refractivity contribution in [2.24, 2.45) is 5.73 Å². The molecule has 1 aromatic rings. The Bertz CT molecular complexity index is 467. The quantitative estimate of drug-likeness (QED) is 0.879. The van der Waals surface area contributed by atoms with E-state index in [1.165, 1.54) is 0 Å². The molecule has 1 aliphatic heterocycles. The highest BCUT2D eigenvalue weighted by molar-refractivity contribution is 5.46. The molecule has 1 saturated heterocycles. The summed E-state index contributed by atoms with van der Waals surface area (Å²) in [6.07, 6.45) is 1.01. The molecule has 2 unspecified atom stereocenters. The van der Waals surface area contributed by atoms with Gasteiger partial charge in [0.15, 0.2) is 0 Å². The number of likely N-dealkylation sites (N-methyl/N-ethyl adjacent to an activating group) is 1. The maximum atomic E-state index is 9.13. The Morgan fingerprint density at radius 3 is 2.94 bits per heavy atom. The van der Waals surface area contributed by atoms with Gasteiger partial charge in [-0.15, -0.1) is 0 Å². The first kappa shape index (κ1) is 12.9. The standard InChI is InChI=1S/C14H19N3O/c1-3-17-7-6-12(16)14(17)10-4-5-13(18-2)11(8-10)9-15/h4-5,8,12,14H,3,6-7,16H2,1-2H3. The fraction of sp³-hybridized carbons (Fsp3) is 0.500. The molecule has 96 valence electrons. The topological polar surface area (TPSA) is 62.3 Å². The van der Waals surface area contributed by atoms with Crippen molar-refractivity contribution in [1.82, 2.24) is 4.90 Å². The minimum atomic E-state index is 0.143. The van der Waals surface area contributed by atoms with E-state index in [1.54, 1.807) is 7.11 Å². The number of methoxy groups -OCH3 is 1. The van der Waals surface area contributed by atoms with Crippen molar-refractivity contribution in [2.75, 3.05) is 20.2 Å². The molecule has 1 heterocycles. The molecule has 2 rings (SSSR count). The van der Waals surface area contributed by atoms with E-state index >= 15 is 0 Å². The average Bonchev–Trinajstić information content (AvgIpc) is 2.79. The molecule has 0 aliphatic carbocycles. The number of hydrogen-bond donors (Lipinski definition) is 1. The first-order chi connectivity index (χ1) is 8.71. The normalized spacial score (nSPS) is 23.9. The van der Waals surface area contributed by atoms with Gasteiger partial charge < -0.3 is 10.5 Å². The summed E-state index contributed by atoms with van der Waals surface area (Å²) < 4.78 is 5.17. The van der Waals surface area contributed by atoms with E-state index < -0.39 is 0 Å². The Hall–Kier alpha value is -1.57. The van der Waals surface area contributed by atoms with E-state index in [-0.39, 0.29) is 12.1 Å². The third-order valence-electron chi connectivity index (χ3n) is 3.64. The first-order valence-corrected chi connectivity index (χ1v) is 6.29. The summed E-state index contributed by atoms with van der Waals surface area (Å²) in [5.41, 5.74) is 7.87. The Morgan fingerprint density at radius 1 is 1.56 bits per heavy atom. The van der Waals surface area contributed by atoms with Crippen molar-refractivity contribution in [3.63, 3.8) is 0 Å². The largest absolute Gasteiger partial charge is 0.495 e. The van der Waals surface area contributed by atoms with Gasteiger partial charge in [0.25, 0.3) is 0 Å². The van der Waals surface area contributed by atoms with Crippen LogP contribution in [-0.2, 0) is 0 Å². The minimum absolute atomic E-state index is 0.143. The van der Waals surface area contributed by atoms with Gasteiger partial charge in [0.05, 0.1) is 12.7 Å². The number of hydrogen-bond acceptors (Lipinski definition) is 4. The molecule has 0 radical (unpaired) electrons. The summed E-state index contributed by atoms with van der Waals surface area (Å²) >= 11 is 0. The minimum Gasteiger partial charge on any atom is -0.495 e. The van der Waals surface area contributed by atoms with E-state index in [9.17, 15) is 0 Å². The maximum Gasteiger partial charge on any atom is 0.136 e. The van der Waals surface area contributed by atoms with E-state index in [1.807, 2.05) is 18.2 Å². The van der Waals surface area contributed by atoms with E-state index in [2.05, 4.69) is 17.9 Å². The zero-order valence-electron chi connectivity index (χ0n) is 10.9. The third-order valence-corrected chi connectivity index (χ3v) is 3.64. The second kappa shape index (κ2) is 5.38. The van der Waals surface area contributed by atoms with E-state index in [0.29, 0.717) is 11.3 Å². The monoisotopic (exact) mass is 245 g/mol. The molecule has 1 fully saturated rings. The number of nitrogens with two attached hydrogens (primary N) is 1. The number of nitriles is 1. The average molecular weight is 245 g/mol. The van der Waals surface area contributed by atoms with Crippen LogP contribution in [0.1, 0.15) is 30.5 Å². The second-order valence-corrected chi connectivity index (χ2v) is 4.60. The van der Waals surface area contributed by atoms with Gasteiger partial charge in [0.1, 0.15) is 11.8 Å². The van der Waals surface area contributed by atoms with Crippen LogP contribution in [0.5, 0.6) is 5.75 Å². The summed E-state index contributed by atoms with van der Waals surface area (Å²) in [7, 11) is 1.58. The van der Waals surface area contributed by atoms with Crippen LogP contribution < -0.4 is 10.5 Å². The van der Waals surface area contributed by atoms with Gasteiger partial charge in [-0.05, 0) is 30.7 Å². The highest BCUT2D eigenvalue weighted by Gasteiger charge is 2.32. The second-order valence-electron chi connectivity index (χ2n) is 4.60. The lowest BCUT2D eigenvalue weighted by Crippen LogP contribution is -2.31. The fourth-order valence-corrected chi connectivity index (χ4v) is 2.69. The van der Waals surface area contributed by atoms with Gasteiger partial charge >= 0.3 is 0 Å². The molecular formula is C14H19N3O. The third kappa shape index (κ3) is 2.20. The van der Waals surface area contributed by atoms with Gasteiger partial charge in [0.2, 0.25) is 0 Å². The SMILES string of the molecule is CCN1CCC(N)C1c1ccc(OC)c(C#N)c1. The van der Waals surface area contributed by atoms with Crippen molar-refractivity contribution in [3.05, 3.63) is 29.3 Å². The molecule has 2 N–H and O–H groups in total. The van der Waals surface area contributed by atoms with Gasteiger partial charge in [-0.3, -0.25) is 4.90 Å². The molecule has 4 heteroatoms. The Balaban J connectivity index is 2.36. The van der Waals surface area contributed by atoms with Crippen LogP contribution in [-0.4, -0.2) is 31.1 Å². The zero-order valence-corrected chi connectivity index (χ0v) is 10.9. The van der Waals surface area contributed by atoms with E-state index in [0.717, 1.165) is 25.1 Å². The summed E-state index contributed by atoms with van der Waals surface area (Å²) in [5.74, 6) is 0.621. The number of benzene rings is 1. The van der Waals surface area contributed by atoms with Crippen LogP contribution in [0.4, 0.5) is 0 Å². The molecule has 2 atom stereocenters. The molecule has 1 aliphatic rings. The molecule has 0 spiro atoms. The van der Waals surface area contributed by atoms with Crippen LogP contribution in [0.2, 0.25) is 0 Å². The van der Waals surface area contributed by atoms with Crippen molar-refractivity contribution in [3.8, 4) is 11.8 Å². The van der Waals surface area contributed by atoms with Crippen molar-refractivity contribution in [1.29, 1.82) is 5.26 Å². The molecule has 4 nitrogen and oxygen atoms in total. The van der Waals surface area contributed by atoms with Gasteiger partial charge in [0, 0.05) is 18.6 Å². The highest BCUT2D eigenvalue weighted by Crippen LogP contribution is 2.33.